The Morgan fingerprint density at radius 1 is 1.21 bits per heavy atom. The van der Waals surface area contributed by atoms with Gasteiger partial charge in [-0.1, -0.05) is 29.8 Å². The summed E-state index contributed by atoms with van der Waals surface area (Å²) in [6.07, 6.45) is 1.67. The van der Waals surface area contributed by atoms with Gasteiger partial charge >= 0.3 is 5.97 Å². The quantitative estimate of drug-likeness (QED) is 0.325. The number of aromatic amines is 1. The third-order valence-electron chi connectivity index (χ3n) is 5.16. The van der Waals surface area contributed by atoms with Gasteiger partial charge in [-0.2, -0.15) is 5.26 Å². The van der Waals surface area contributed by atoms with E-state index in [1.165, 1.54) is 19.2 Å². The van der Waals surface area contributed by atoms with Crippen molar-refractivity contribution in [3.05, 3.63) is 87.7 Å². The fraction of sp³-hybridized carbons (Fsp3) is 0.115. The van der Waals surface area contributed by atoms with Crippen molar-refractivity contribution >= 4 is 40.3 Å². The molecule has 0 amide bonds. The van der Waals surface area contributed by atoms with Gasteiger partial charge in [0, 0.05) is 0 Å². The molecule has 3 aromatic carbocycles. The van der Waals surface area contributed by atoms with Crippen molar-refractivity contribution in [3.63, 3.8) is 0 Å². The number of methoxy groups -OCH3 is 1. The minimum absolute atomic E-state index is 0.174. The Balaban J connectivity index is 1.60. The summed E-state index contributed by atoms with van der Waals surface area (Å²) < 4.78 is 11.3. The molecule has 0 radical (unpaired) electrons. The van der Waals surface area contributed by atoms with E-state index in [1.807, 2.05) is 25.1 Å². The predicted molar refractivity (Wildman–Crippen MR) is 130 cm³/mol. The number of halogens is 1. The molecule has 0 aliphatic heterocycles. The summed E-state index contributed by atoms with van der Waals surface area (Å²) >= 11 is 6.48. The van der Waals surface area contributed by atoms with Crippen LogP contribution in [0.3, 0.4) is 0 Å². The lowest BCUT2D eigenvalue weighted by Crippen LogP contribution is -2.00. The number of hydrogen-bond donors (Lipinski definition) is 2. The van der Waals surface area contributed by atoms with E-state index in [0.717, 1.165) is 22.2 Å². The Morgan fingerprint density at radius 2 is 1.97 bits per heavy atom. The van der Waals surface area contributed by atoms with E-state index in [-0.39, 0.29) is 12.2 Å². The number of fused-ring (bicyclic) bond motifs is 1. The van der Waals surface area contributed by atoms with Gasteiger partial charge in [0.25, 0.3) is 0 Å². The zero-order valence-corrected chi connectivity index (χ0v) is 19.2. The zero-order valence-electron chi connectivity index (χ0n) is 18.4. The van der Waals surface area contributed by atoms with E-state index in [4.69, 9.17) is 26.2 Å². The summed E-state index contributed by atoms with van der Waals surface area (Å²) in [5, 5.41) is 19.1. The van der Waals surface area contributed by atoms with Crippen molar-refractivity contribution < 1.29 is 19.4 Å². The summed E-state index contributed by atoms with van der Waals surface area (Å²) in [5.41, 5.74) is 4.69. The van der Waals surface area contributed by atoms with Crippen molar-refractivity contribution in [3.8, 4) is 17.6 Å². The molecule has 34 heavy (non-hydrogen) atoms. The minimum Gasteiger partial charge on any atom is -0.493 e. The first-order valence-corrected chi connectivity index (χ1v) is 10.7. The van der Waals surface area contributed by atoms with Crippen LogP contribution in [0.5, 0.6) is 11.5 Å². The molecule has 0 bridgehead atoms. The average Bonchev–Trinajstić information content (AvgIpc) is 3.24. The molecule has 0 saturated carbocycles. The summed E-state index contributed by atoms with van der Waals surface area (Å²) in [6, 6.07) is 17.8. The van der Waals surface area contributed by atoms with E-state index < -0.39 is 5.97 Å². The van der Waals surface area contributed by atoms with Crippen LogP contribution in [0.25, 0.3) is 22.7 Å². The van der Waals surface area contributed by atoms with Gasteiger partial charge in [0.1, 0.15) is 18.5 Å². The fourth-order valence-electron chi connectivity index (χ4n) is 3.43. The van der Waals surface area contributed by atoms with Crippen LogP contribution >= 0.6 is 11.6 Å². The summed E-state index contributed by atoms with van der Waals surface area (Å²) in [6.45, 7) is 2.16. The molecule has 0 fully saturated rings. The molecule has 170 valence electrons. The van der Waals surface area contributed by atoms with Gasteiger partial charge in [0.05, 0.1) is 34.3 Å². The van der Waals surface area contributed by atoms with Gasteiger partial charge < -0.3 is 19.6 Å². The van der Waals surface area contributed by atoms with Crippen molar-refractivity contribution in [1.82, 2.24) is 9.97 Å². The van der Waals surface area contributed by atoms with Gasteiger partial charge in [-0.25, -0.2) is 9.78 Å². The topological polar surface area (TPSA) is 108 Å². The third kappa shape index (κ3) is 4.87. The molecule has 0 saturated heterocycles. The van der Waals surface area contributed by atoms with Crippen molar-refractivity contribution in [1.29, 1.82) is 5.26 Å². The number of carboxylic acids is 1. The van der Waals surface area contributed by atoms with Crippen LogP contribution in [-0.4, -0.2) is 28.2 Å². The number of nitrogens with zero attached hydrogens (tertiary/aromatic N) is 2. The second-order valence-corrected chi connectivity index (χ2v) is 8.01. The maximum Gasteiger partial charge on any atom is 0.335 e. The molecule has 0 aliphatic rings. The maximum atomic E-state index is 11.0. The second kappa shape index (κ2) is 9.69. The van der Waals surface area contributed by atoms with E-state index in [1.54, 1.807) is 30.3 Å². The minimum atomic E-state index is -0.990. The highest BCUT2D eigenvalue weighted by atomic mass is 35.5. The van der Waals surface area contributed by atoms with Crippen LogP contribution in [0.2, 0.25) is 5.02 Å². The number of H-pyrrole nitrogens is 1. The van der Waals surface area contributed by atoms with E-state index in [2.05, 4.69) is 16.0 Å². The highest BCUT2D eigenvalue weighted by Crippen LogP contribution is 2.38. The summed E-state index contributed by atoms with van der Waals surface area (Å²) in [4.78, 5) is 18.7. The highest BCUT2D eigenvalue weighted by Gasteiger charge is 2.14. The van der Waals surface area contributed by atoms with Crippen LogP contribution in [0.15, 0.2) is 54.6 Å². The Kier molecular flexibility index (Phi) is 6.53. The van der Waals surface area contributed by atoms with Crippen molar-refractivity contribution in [2.75, 3.05) is 7.11 Å². The molecule has 7 nitrogen and oxygen atoms in total. The number of aryl methyl sites for hydroxylation is 1. The van der Waals surface area contributed by atoms with Gasteiger partial charge in [-0.05, 0) is 66.1 Å². The molecule has 0 unspecified atom stereocenters. The summed E-state index contributed by atoms with van der Waals surface area (Å²) in [7, 11) is 1.50. The molecule has 1 heterocycles. The standard InChI is InChI=1S/C26H20ClN3O4/c1-15-3-8-21-22(9-15)30-25(29-21)19(13-28)10-17-11-20(27)24(23(12-17)33-2)34-14-16-4-6-18(7-5-16)26(31)32/h3-12H,14H2,1-2H3,(H,29,30)(H,31,32). The lowest BCUT2D eigenvalue weighted by molar-refractivity contribution is 0.0697. The Morgan fingerprint density at radius 3 is 2.65 bits per heavy atom. The number of allylic oxidation sites excluding steroid dienone is 1. The average molecular weight is 474 g/mol. The van der Waals surface area contributed by atoms with Crippen LogP contribution in [0, 0.1) is 18.3 Å². The molecule has 0 spiro atoms. The zero-order chi connectivity index (χ0) is 24.2. The van der Waals surface area contributed by atoms with Gasteiger partial charge in [0.2, 0.25) is 0 Å². The van der Waals surface area contributed by atoms with Gasteiger partial charge in [-0.15, -0.1) is 0 Å². The third-order valence-corrected chi connectivity index (χ3v) is 5.44. The molecule has 2 N–H and O–H groups in total. The number of nitrogens with one attached hydrogen (secondary N) is 1. The lowest BCUT2D eigenvalue weighted by Gasteiger charge is -2.13. The second-order valence-electron chi connectivity index (χ2n) is 7.60. The molecule has 0 aliphatic carbocycles. The molecular formula is C26H20ClN3O4. The summed E-state index contributed by atoms with van der Waals surface area (Å²) in [5.74, 6) is 0.221. The Labute approximate surface area is 200 Å². The molecule has 0 atom stereocenters. The highest BCUT2D eigenvalue weighted by molar-refractivity contribution is 6.32. The lowest BCUT2D eigenvalue weighted by atomic mass is 10.1. The van der Waals surface area contributed by atoms with Crippen LogP contribution in [0.4, 0.5) is 0 Å². The van der Waals surface area contributed by atoms with E-state index in [9.17, 15) is 10.1 Å². The fourth-order valence-corrected chi connectivity index (χ4v) is 3.71. The number of nitriles is 1. The predicted octanol–water partition coefficient (Wildman–Crippen LogP) is 5.87. The number of hydrogen-bond acceptors (Lipinski definition) is 5. The maximum absolute atomic E-state index is 11.0. The normalized spacial score (nSPS) is 11.3. The van der Waals surface area contributed by atoms with Crippen LogP contribution < -0.4 is 9.47 Å². The first-order chi connectivity index (χ1) is 16.4. The molecule has 4 rings (SSSR count). The monoisotopic (exact) mass is 473 g/mol. The van der Waals surface area contributed by atoms with Gasteiger partial charge in [-0.3, -0.25) is 0 Å². The number of imidazole rings is 1. The number of rotatable bonds is 7. The van der Waals surface area contributed by atoms with Crippen LogP contribution in [0.1, 0.15) is 32.9 Å². The van der Waals surface area contributed by atoms with Crippen LogP contribution in [-0.2, 0) is 6.61 Å². The number of carbonyl (C=O) groups is 1. The Bertz CT molecular complexity index is 1450. The smallest absolute Gasteiger partial charge is 0.335 e. The first kappa shape index (κ1) is 22.9. The SMILES string of the molecule is COc1cc(C=C(C#N)c2nc3ccc(C)cc3[nH]2)cc(Cl)c1OCc1ccc(C(=O)O)cc1. The number of ether oxygens (including phenoxy) is 2. The first-order valence-electron chi connectivity index (χ1n) is 10.3. The molecule has 8 heteroatoms. The number of carboxylic acid groups (broad SMARTS) is 1. The molecular weight excluding hydrogens is 454 g/mol. The molecule has 1 aromatic heterocycles. The number of aromatic nitrogens is 2. The largest absolute Gasteiger partial charge is 0.493 e. The van der Waals surface area contributed by atoms with E-state index >= 15 is 0 Å². The van der Waals surface area contributed by atoms with E-state index in [0.29, 0.717) is 33.5 Å². The van der Waals surface area contributed by atoms with Gasteiger partial charge in [0.15, 0.2) is 11.5 Å². The number of benzene rings is 3. The molecule has 4 aromatic rings. The van der Waals surface area contributed by atoms with Crippen molar-refractivity contribution in [2.45, 2.75) is 13.5 Å². The number of aromatic carboxylic acids is 1. The Hall–Kier alpha value is -4.28. The van der Waals surface area contributed by atoms with Crippen molar-refractivity contribution in [2.24, 2.45) is 0 Å².